The van der Waals surface area contributed by atoms with Gasteiger partial charge in [0, 0.05) is 29.7 Å². The Morgan fingerprint density at radius 2 is 1.78 bits per heavy atom. The predicted octanol–water partition coefficient (Wildman–Crippen LogP) is 3.83. The summed E-state index contributed by atoms with van der Waals surface area (Å²) in [5.74, 6) is -0.346. The number of anilines is 1. The number of aryl methyl sites for hydroxylation is 2. The molecule has 1 heterocycles. The van der Waals surface area contributed by atoms with Gasteiger partial charge < -0.3 is 9.88 Å². The number of nitrogens with one attached hydrogen (secondary N) is 1. The van der Waals surface area contributed by atoms with Crippen molar-refractivity contribution in [3.8, 4) is 0 Å². The largest absolute Gasteiger partial charge is 0.348 e. The number of carbonyl (C=O) groups excluding carboxylic acids is 1. The first-order chi connectivity index (χ1) is 10.9. The number of benzene rings is 1. The molecule has 2 rings (SSSR count). The SMILES string of the molecule is CCCCn1c(C)cc(=O)c(C(=O)Nc2ccc(C)cc2)c1C. The summed E-state index contributed by atoms with van der Waals surface area (Å²) in [6.45, 7) is 8.68. The molecule has 4 nitrogen and oxygen atoms in total. The Kier molecular flexibility index (Phi) is 5.37. The fourth-order valence-electron chi connectivity index (χ4n) is 2.68. The van der Waals surface area contributed by atoms with Crippen molar-refractivity contribution in [1.82, 2.24) is 4.57 Å². The summed E-state index contributed by atoms with van der Waals surface area (Å²) in [5, 5.41) is 2.82. The van der Waals surface area contributed by atoms with Crippen LogP contribution in [0.1, 0.15) is 47.1 Å². The molecule has 1 N–H and O–H groups in total. The Bertz CT molecular complexity index is 758. The van der Waals surface area contributed by atoms with E-state index in [0.717, 1.165) is 36.3 Å². The molecule has 1 aromatic heterocycles. The van der Waals surface area contributed by atoms with Crippen LogP contribution in [0.15, 0.2) is 35.1 Å². The molecular weight excluding hydrogens is 288 g/mol. The lowest BCUT2D eigenvalue weighted by molar-refractivity contribution is 0.102. The number of unbranched alkanes of at least 4 members (excludes halogenated alkanes) is 1. The van der Waals surface area contributed by atoms with Crippen molar-refractivity contribution >= 4 is 11.6 Å². The van der Waals surface area contributed by atoms with Crippen LogP contribution in [0.3, 0.4) is 0 Å². The molecular formula is C19H24N2O2. The van der Waals surface area contributed by atoms with Crippen LogP contribution in [0.25, 0.3) is 0 Å². The molecule has 0 aliphatic carbocycles. The third-order valence-corrected chi connectivity index (χ3v) is 4.05. The molecule has 4 heteroatoms. The predicted molar refractivity (Wildman–Crippen MR) is 94.2 cm³/mol. The molecule has 0 bridgehead atoms. The second kappa shape index (κ2) is 7.27. The summed E-state index contributed by atoms with van der Waals surface area (Å²) in [5.41, 5.74) is 3.45. The zero-order valence-corrected chi connectivity index (χ0v) is 14.3. The van der Waals surface area contributed by atoms with Gasteiger partial charge in [0.05, 0.1) is 0 Å². The van der Waals surface area contributed by atoms with Crippen molar-refractivity contribution in [2.24, 2.45) is 0 Å². The van der Waals surface area contributed by atoms with Gasteiger partial charge in [-0.15, -0.1) is 0 Å². The lowest BCUT2D eigenvalue weighted by atomic mass is 10.1. The van der Waals surface area contributed by atoms with Crippen LogP contribution >= 0.6 is 0 Å². The third-order valence-electron chi connectivity index (χ3n) is 4.05. The first-order valence-corrected chi connectivity index (χ1v) is 8.03. The molecule has 1 amide bonds. The molecule has 0 fully saturated rings. The highest BCUT2D eigenvalue weighted by molar-refractivity contribution is 6.04. The number of carbonyl (C=O) groups is 1. The van der Waals surface area contributed by atoms with Gasteiger partial charge in [-0.1, -0.05) is 31.0 Å². The number of pyridine rings is 1. The Morgan fingerprint density at radius 1 is 1.13 bits per heavy atom. The van der Waals surface area contributed by atoms with Gasteiger partial charge in [0.25, 0.3) is 5.91 Å². The Morgan fingerprint density at radius 3 is 2.39 bits per heavy atom. The molecule has 0 spiro atoms. The second-order valence-corrected chi connectivity index (χ2v) is 5.94. The van der Waals surface area contributed by atoms with Gasteiger partial charge in [-0.25, -0.2) is 0 Å². The highest BCUT2D eigenvalue weighted by atomic mass is 16.2. The molecule has 0 atom stereocenters. The summed E-state index contributed by atoms with van der Waals surface area (Å²) in [7, 11) is 0. The van der Waals surface area contributed by atoms with Crippen LogP contribution in [0.2, 0.25) is 0 Å². The fraction of sp³-hybridized carbons (Fsp3) is 0.368. The van der Waals surface area contributed by atoms with Gasteiger partial charge in [0.1, 0.15) is 5.56 Å². The molecule has 23 heavy (non-hydrogen) atoms. The summed E-state index contributed by atoms with van der Waals surface area (Å²) in [6.07, 6.45) is 2.08. The molecule has 0 saturated heterocycles. The average molecular weight is 312 g/mol. The Hall–Kier alpha value is -2.36. The lowest BCUT2D eigenvalue weighted by Gasteiger charge is -2.17. The number of hydrogen-bond donors (Lipinski definition) is 1. The van der Waals surface area contributed by atoms with Gasteiger partial charge >= 0.3 is 0 Å². The standard InChI is InChI=1S/C19H24N2O2/c1-5-6-11-21-14(3)12-17(22)18(15(21)4)19(23)20-16-9-7-13(2)8-10-16/h7-10,12H,5-6,11H2,1-4H3,(H,20,23). The molecule has 0 aliphatic heterocycles. The molecule has 0 saturated carbocycles. The van der Waals surface area contributed by atoms with Gasteiger partial charge in [0.15, 0.2) is 5.43 Å². The Balaban J connectivity index is 2.35. The third kappa shape index (κ3) is 3.89. The smallest absolute Gasteiger partial charge is 0.261 e. The Labute approximate surface area is 137 Å². The molecule has 0 aliphatic rings. The van der Waals surface area contributed by atoms with E-state index in [1.807, 2.05) is 45.0 Å². The zero-order chi connectivity index (χ0) is 17.0. The van der Waals surface area contributed by atoms with Crippen LogP contribution in [0, 0.1) is 20.8 Å². The maximum absolute atomic E-state index is 12.6. The number of amides is 1. The summed E-state index contributed by atoms with van der Waals surface area (Å²) >= 11 is 0. The van der Waals surface area contributed by atoms with Crippen LogP contribution < -0.4 is 10.7 Å². The minimum Gasteiger partial charge on any atom is -0.348 e. The van der Waals surface area contributed by atoms with E-state index in [1.54, 1.807) is 6.07 Å². The fourth-order valence-corrected chi connectivity index (χ4v) is 2.68. The molecule has 0 radical (unpaired) electrons. The van der Waals surface area contributed by atoms with E-state index < -0.39 is 0 Å². The maximum atomic E-state index is 12.6. The molecule has 2 aromatic rings. The zero-order valence-electron chi connectivity index (χ0n) is 14.3. The quantitative estimate of drug-likeness (QED) is 0.912. The topological polar surface area (TPSA) is 51.1 Å². The van der Waals surface area contributed by atoms with Crippen LogP contribution in [-0.4, -0.2) is 10.5 Å². The van der Waals surface area contributed by atoms with Crippen molar-refractivity contribution < 1.29 is 4.79 Å². The summed E-state index contributed by atoms with van der Waals surface area (Å²) in [4.78, 5) is 24.9. The number of nitrogens with zero attached hydrogens (tertiary/aromatic N) is 1. The highest BCUT2D eigenvalue weighted by Gasteiger charge is 2.17. The van der Waals surface area contributed by atoms with E-state index in [0.29, 0.717) is 5.69 Å². The lowest BCUT2D eigenvalue weighted by Crippen LogP contribution is -2.27. The van der Waals surface area contributed by atoms with Crippen LogP contribution in [0.5, 0.6) is 0 Å². The van der Waals surface area contributed by atoms with Gasteiger partial charge in [0.2, 0.25) is 0 Å². The number of rotatable bonds is 5. The van der Waals surface area contributed by atoms with Crippen molar-refractivity contribution in [3.63, 3.8) is 0 Å². The molecule has 1 aromatic carbocycles. The number of hydrogen-bond acceptors (Lipinski definition) is 2. The average Bonchev–Trinajstić information content (AvgIpc) is 2.49. The van der Waals surface area contributed by atoms with Crippen LogP contribution in [-0.2, 0) is 6.54 Å². The van der Waals surface area contributed by atoms with Crippen LogP contribution in [0.4, 0.5) is 5.69 Å². The van der Waals surface area contributed by atoms with E-state index in [-0.39, 0.29) is 16.9 Å². The van der Waals surface area contributed by atoms with Crippen molar-refractivity contribution in [2.75, 3.05) is 5.32 Å². The van der Waals surface area contributed by atoms with E-state index >= 15 is 0 Å². The highest BCUT2D eigenvalue weighted by Crippen LogP contribution is 2.13. The maximum Gasteiger partial charge on any atom is 0.261 e. The van der Waals surface area contributed by atoms with Crippen molar-refractivity contribution in [2.45, 2.75) is 47.1 Å². The van der Waals surface area contributed by atoms with E-state index in [1.165, 1.54) is 0 Å². The molecule has 122 valence electrons. The van der Waals surface area contributed by atoms with Crippen molar-refractivity contribution in [1.29, 1.82) is 0 Å². The second-order valence-electron chi connectivity index (χ2n) is 5.94. The first kappa shape index (κ1) is 17.0. The molecule has 0 unspecified atom stereocenters. The summed E-state index contributed by atoms with van der Waals surface area (Å²) < 4.78 is 2.05. The van der Waals surface area contributed by atoms with E-state index in [4.69, 9.17) is 0 Å². The van der Waals surface area contributed by atoms with Gasteiger partial charge in [-0.05, 0) is 39.3 Å². The minimum absolute atomic E-state index is 0.225. The van der Waals surface area contributed by atoms with E-state index in [2.05, 4.69) is 16.8 Å². The minimum atomic E-state index is -0.346. The van der Waals surface area contributed by atoms with Gasteiger partial charge in [-0.2, -0.15) is 0 Å². The first-order valence-electron chi connectivity index (χ1n) is 8.03. The normalized spacial score (nSPS) is 10.6. The monoisotopic (exact) mass is 312 g/mol. The van der Waals surface area contributed by atoms with Crippen molar-refractivity contribution in [3.05, 3.63) is 63.1 Å². The number of aromatic nitrogens is 1. The summed E-state index contributed by atoms with van der Waals surface area (Å²) in [6, 6.07) is 9.08. The van der Waals surface area contributed by atoms with Gasteiger partial charge in [-0.3, -0.25) is 9.59 Å². The van der Waals surface area contributed by atoms with E-state index in [9.17, 15) is 9.59 Å².